The summed E-state index contributed by atoms with van der Waals surface area (Å²) in [5.41, 5.74) is 0.703. The summed E-state index contributed by atoms with van der Waals surface area (Å²) < 4.78 is 29.0. The lowest BCUT2D eigenvalue weighted by molar-refractivity contribution is 0.317. The van der Waals surface area contributed by atoms with Crippen molar-refractivity contribution in [3.63, 3.8) is 0 Å². The molecule has 0 aromatic heterocycles. The Hall–Kier alpha value is -2.13. The lowest BCUT2D eigenvalue weighted by atomic mass is 10.3. The second-order valence-electron chi connectivity index (χ2n) is 5.07. The third-order valence-electron chi connectivity index (χ3n) is 3.00. The van der Waals surface area contributed by atoms with Gasteiger partial charge in [-0.25, -0.2) is 0 Å². The first-order valence-electron chi connectivity index (χ1n) is 7.45. The van der Waals surface area contributed by atoms with E-state index in [0.717, 1.165) is 12.2 Å². The quantitative estimate of drug-likeness (QED) is 0.702. The summed E-state index contributed by atoms with van der Waals surface area (Å²) in [5.74, 6) is 1.77. The Labute approximate surface area is 137 Å². The van der Waals surface area contributed by atoms with Crippen molar-refractivity contribution >= 4 is 13.2 Å². The summed E-state index contributed by atoms with van der Waals surface area (Å²) in [7, 11) is -1.54. The second kappa shape index (κ2) is 7.93. The Morgan fingerprint density at radius 2 is 1.70 bits per heavy atom. The van der Waals surface area contributed by atoms with Crippen LogP contribution in [0.3, 0.4) is 0 Å². The molecule has 0 amide bonds. The molecule has 2 aromatic rings. The van der Waals surface area contributed by atoms with E-state index in [1.807, 2.05) is 30.3 Å². The standard InChI is InChI=1S/C17H22NO4P/c1-4-13-21-15-11-9-14(10-12-15)18-23(3,19)22-17-8-6-5-7-16(17)20-2/h5-12H,4,13H2,1-3H3,(H,18,19). The van der Waals surface area contributed by atoms with Gasteiger partial charge in [0.25, 0.3) is 0 Å². The molecule has 2 aromatic carbocycles. The average Bonchev–Trinajstić information content (AvgIpc) is 2.54. The van der Waals surface area contributed by atoms with Gasteiger partial charge >= 0.3 is 7.52 Å². The average molecular weight is 335 g/mol. The maximum atomic E-state index is 12.7. The molecule has 23 heavy (non-hydrogen) atoms. The molecule has 1 atom stereocenters. The van der Waals surface area contributed by atoms with Gasteiger partial charge in [0.15, 0.2) is 11.5 Å². The summed E-state index contributed by atoms with van der Waals surface area (Å²) in [6, 6.07) is 14.4. The van der Waals surface area contributed by atoms with Crippen LogP contribution in [-0.2, 0) is 4.57 Å². The highest BCUT2D eigenvalue weighted by atomic mass is 31.2. The number of anilines is 1. The fourth-order valence-electron chi connectivity index (χ4n) is 1.98. The van der Waals surface area contributed by atoms with Crippen LogP contribution in [0.25, 0.3) is 0 Å². The normalized spacial score (nSPS) is 13.0. The fourth-order valence-corrected chi connectivity index (χ4v) is 3.17. The minimum Gasteiger partial charge on any atom is -0.494 e. The predicted octanol–water partition coefficient (Wildman–Crippen LogP) is 4.80. The second-order valence-corrected chi connectivity index (χ2v) is 7.17. The molecule has 6 heteroatoms. The van der Waals surface area contributed by atoms with Gasteiger partial charge in [-0.15, -0.1) is 0 Å². The molecule has 0 bridgehead atoms. The van der Waals surface area contributed by atoms with Crippen LogP contribution < -0.4 is 19.1 Å². The van der Waals surface area contributed by atoms with Crippen molar-refractivity contribution in [3.05, 3.63) is 48.5 Å². The maximum absolute atomic E-state index is 12.7. The first-order chi connectivity index (χ1) is 11.0. The van der Waals surface area contributed by atoms with Crippen LogP contribution in [0.15, 0.2) is 48.5 Å². The van der Waals surface area contributed by atoms with E-state index in [1.165, 1.54) is 6.66 Å². The van der Waals surface area contributed by atoms with E-state index in [0.29, 0.717) is 23.8 Å². The molecule has 1 N–H and O–H groups in total. The molecule has 0 heterocycles. The van der Waals surface area contributed by atoms with Gasteiger partial charge in [0, 0.05) is 12.4 Å². The van der Waals surface area contributed by atoms with E-state index >= 15 is 0 Å². The first kappa shape index (κ1) is 17.2. The summed E-state index contributed by atoms with van der Waals surface area (Å²) in [5, 5.41) is 2.92. The molecule has 0 spiro atoms. The van der Waals surface area contributed by atoms with E-state index in [2.05, 4.69) is 12.0 Å². The van der Waals surface area contributed by atoms with Gasteiger partial charge < -0.3 is 19.1 Å². The molecule has 0 radical (unpaired) electrons. The van der Waals surface area contributed by atoms with Crippen LogP contribution in [-0.4, -0.2) is 20.4 Å². The number of para-hydroxylation sites is 2. The minimum atomic E-state index is -3.08. The molecule has 0 saturated heterocycles. The summed E-state index contributed by atoms with van der Waals surface area (Å²) in [6.45, 7) is 4.26. The van der Waals surface area contributed by atoms with Crippen LogP contribution in [0.4, 0.5) is 5.69 Å². The topological polar surface area (TPSA) is 56.8 Å². The van der Waals surface area contributed by atoms with Crippen molar-refractivity contribution in [2.75, 3.05) is 25.5 Å². The van der Waals surface area contributed by atoms with Crippen LogP contribution in [0.1, 0.15) is 13.3 Å². The van der Waals surface area contributed by atoms with Gasteiger partial charge in [-0.3, -0.25) is 4.57 Å². The van der Waals surface area contributed by atoms with Gasteiger partial charge in [-0.05, 0) is 42.8 Å². The monoisotopic (exact) mass is 335 g/mol. The Kier molecular flexibility index (Phi) is 5.94. The van der Waals surface area contributed by atoms with E-state index < -0.39 is 7.52 Å². The van der Waals surface area contributed by atoms with Crippen LogP contribution in [0.2, 0.25) is 0 Å². The van der Waals surface area contributed by atoms with Gasteiger partial charge in [0.05, 0.1) is 13.7 Å². The molecule has 2 rings (SSSR count). The third kappa shape index (κ3) is 5.22. The van der Waals surface area contributed by atoms with Crippen LogP contribution >= 0.6 is 7.52 Å². The zero-order chi connectivity index (χ0) is 16.7. The van der Waals surface area contributed by atoms with Crippen molar-refractivity contribution in [2.24, 2.45) is 0 Å². The zero-order valence-corrected chi connectivity index (χ0v) is 14.5. The van der Waals surface area contributed by atoms with Crippen molar-refractivity contribution in [1.29, 1.82) is 0 Å². The number of hydrogen-bond donors (Lipinski definition) is 1. The van der Waals surface area contributed by atoms with E-state index in [1.54, 1.807) is 25.3 Å². The number of rotatable bonds is 8. The highest BCUT2D eigenvalue weighted by Crippen LogP contribution is 2.46. The molecule has 0 aliphatic carbocycles. The predicted molar refractivity (Wildman–Crippen MR) is 93.0 cm³/mol. The fraction of sp³-hybridized carbons (Fsp3) is 0.294. The van der Waals surface area contributed by atoms with Crippen molar-refractivity contribution in [1.82, 2.24) is 0 Å². The molecular weight excluding hydrogens is 313 g/mol. The van der Waals surface area contributed by atoms with E-state index in [-0.39, 0.29) is 0 Å². The molecule has 1 unspecified atom stereocenters. The molecular formula is C17H22NO4P. The lowest BCUT2D eigenvalue weighted by Gasteiger charge is -2.19. The number of benzene rings is 2. The molecule has 0 saturated carbocycles. The molecule has 0 aliphatic heterocycles. The van der Waals surface area contributed by atoms with Gasteiger partial charge in [0.1, 0.15) is 5.75 Å². The van der Waals surface area contributed by atoms with Gasteiger partial charge in [-0.1, -0.05) is 19.1 Å². The Morgan fingerprint density at radius 1 is 1.04 bits per heavy atom. The Morgan fingerprint density at radius 3 is 2.30 bits per heavy atom. The van der Waals surface area contributed by atoms with Crippen LogP contribution in [0, 0.1) is 0 Å². The smallest absolute Gasteiger partial charge is 0.338 e. The van der Waals surface area contributed by atoms with Crippen molar-refractivity contribution < 1.29 is 18.6 Å². The van der Waals surface area contributed by atoms with Crippen molar-refractivity contribution in [2.45, 2.75) is 13.3 Å². The summed E-state index contributed by atoms with van der Waals surface area (Å²) in [6.07, 6.45) is 0.955. The largest absolute Gasteiger partial charge is 0.494 e. The van der Waals surface area contributed by atoms with Gasteiger partial charge in [-0.2, -0.15) is 0 Å². The minimum absolute atomic E-state index is 0.441. The zero-order valence-electron chi connectivity index (χ0n) is 13.6. The SMILES string of the molecule is CCCOc1ccc(NP(C)(=O)Oc2ccccc2OC)cc1. The van der Waals surface area contributed by atoms with Gasteiger partial charge in [0.2, 0.25) is 0 Å². The number of ether oxygens (including phenoxy) is 2. The highest BCUT2D eigenvalue weighted by molar-refractivity contribution is 7.60. The summed E-state index contributed by atoms with van der Waals surface area (Å²) >= 11 is 0. The third-order valence-corrected chi connectivity index (χ3v) is 4.21. The number of hydrogen-bond acceptors (Lipinski definition) is 4. The molecule has 124 valence electrons. The molecule has 0 fully saturated rings. The van der Waals surface area contributed by atoms with Crippen molar-refractivity contribution in [3.8, 4) is 17.2 Å². The van der Waals surface area contributed by atoms with E-state index in [4.69, 9.17) is 14.0 Å². The molecule has 5 nitrogen and oxygen atoms in total. The summed E-state index contributed by atoms with van der Waals surface area (Å²) in [4.78, 5) is 0. The van der Waals surface area contributed by atoms with Crippen LogP contribution in [0.5, 0.6) is 17.2 Å². The number of nitrogens with one attached hydrogen (secondary N) is 1. The maximum Gasteiger partial charge on any atom is 0.338 e. The number of methoxy groups -OCH3 is 1. The van der Waals surface area contributed by atoms with E-state index in [9.17, 15) is 4.57 Å². The first-order valence-corrected chi connectivity index (χ1v) is 9.52. The molecule has 0 aliphatic rings. The Bertz CT molecular complexity index is 673. The lowest BCUT2D eigenvalue weighted by Crippen LogP contribution is -2.03. The highest BCUT2D eigenvalue weighted by Gasteiger charge is 2.19. The Balaban J connectivity index is 2.04.